The van der Waals surface area contributed by atoms with Gasteiger partial charge in [-0.2, -0.15) is 0 Å². The molecule has 0 radical (unpaired) electrons. The number of aromatic nitrogens is 1. The number of benzene rings is 2. The molecular weight excluding hydrogens is 326 g/mol. The van der Waals surface area contributed by atoms with Crippen LogP contribution >= 0.6 is 11.3 Å². The lowest BCUT2D eigenvalue weighted by atomic mass is 10.1. The van der Waals surface area contributed by atoms with Gasteiger partial charge in [0.1, 0.15) is 0 Å². The number of nitro groups is 1. The molecular formula is C17H12N3O3S-. The van der Waals surface area contributed by atoms with Gasteiger partial charge in [-0.1, -0.05) is 23.9 Å². The second-order valence-electron chi connectivity index (χ2n) is 5.04. The van der Waals surface area contributed by atoms with Crippen LogP contribution in [0.2, 0.25) is 0 Å². The molecule has 3 aromatic rings. The van der Waals surface area contributed by atoms with E-state index >= 15 is 0 Å². The number of hydrogen-bond donors (Lipinski definition) is 0. The summed E-state index contributed by atoms with van der Waals surface area (Å²) in [5.74, 6) is -0.310. The first-order chi connectivity index (χ1) is 11.5. The fourth-order valence-corrected chi connectivity index (χ4v) is 2.76. The molecule has 24 heavy (non-hydrogen) atoms. The van der Waals surface area contributed by atoms with Gasteiger partial charge in [0.15, 0.2) is 0 Å². The molecule has 0 aliphatic heterocycles. The lowest BCUT2D eigenvalue weighted by molar-refractivity contribution is -0.385. The van der Waals surface area contributed by atoms with E-state index in [-0.39, 0.29) is 17.0 Å². The molecule has 0 fully saturated rings. The third-order valence-corrected chi connectivity index (χ3v) is 4.09. The van der Waals surface area contributed by atoms with Crippen LogP contribution in [0.3, 0.4) is 0 Å². The average Bonchev–Trinajstić information content (AvgIpc) is 3.01. The van der Waals surface area contributed by atoms with E-state index in [0.717, 1.165) is 16.3 Å². The van der Waals surface area contributed by atoms with Crippen molar-refractivity contribution in [2.75, 3.05) is 0 Å². The van der Waals surface area contributed by atoms with Crippen LogP contribution < -0.4 is 5.11 Å². The van der Waals surface area contributed by atoms with Crippen LogP contribution in [0.25, 0.3) is 11.3 Å². The average molecular weight is 338 g/mol. The fraction of sp³-hybridized carbons (Fsp3) is 0.0588. The van der Waals surface area contributed by atoms with Gasteiger partial charge >= 0.3 is 0 Å². The van der Waals surface area contributed by atoms with Crippen LogP contribution in [0, 0.1) is 17.0 Å². The summed E-state index contributed by atoms with van der Waals surface area (Å²) in [4.78, 5) is 18.9. The van der Waals surface area contributed by atoms with Crippen molar-refractivity contribution in [3.63, 3.8) is 0 Å². The molecule has 3 rings (SSSR count). The second kappa shape index (κ2) is 6.59. The first-order valence-electron chi connectivity index (χ1n) is 7.05. The number of nitro benzene ring substituents is 1. The van der Waals surface area contributed by atoms with Crippen molar-refractivity contribution in [1.82, 2.24) is 4.98 Å². The monoisotopic (exact) mass is 338 g/mol. The van der Waals surface area contributed by atoms with Crippen LogP contribution in [-0.4, -0.2) is 16.1 Å². The van der Waals surface area contributed by atoms with Crippen LogP contribution in [0.4, 0.5) is 11.4 Å². The Hall–Kier alpha value is -3.06. The van der Waals surface area contributed by atoms with Gasteiger partial charge in [-0.3, -0.25) is 15.1 Å². The number of aliphatic imine (C=N–C) groups is 1. The van der Waals surface area contributed by atoms with Gasteiger partial charge < -0.3 is 5.11 Å². The van der Waals surface area contributed by atoms with Crippen molar-refractivity contribution in [3.05, 3.63) is 68.5 Å². The van der Waals surface area contributed by atoms with Crippen molar-refractivity contribution in [2.45, 2.75) is 6.92 Å². The highest BCUT2D eigenvalue weighted by atomic mass is 32.1. The maximum atomic E-state index is 11.8. The van der Waals surface area contributed by atoms with Gasteiger partial charge in [0.25, 0.3) is 5.69 Å². The summed E-state index contributed by atoms with van der Waals surface area (Å²) in [6, 6.07) is 11.0. The van der Waals surface area contributed by atoms with E-state index < -0.39 is 4.92 Å². The van der Waals surface area contributed by atoms with Crippen molar-refractivity contribution in [3.8, 4) is 17.0 Å². The Morgan fingerprint density at radius 1 is 1.25 bits per heavy atom. The predicted molar refractivity (Wildman–Crippen MR) is 92.1 cm³/mol. The van der Waals surface area contributed by atoms with Crippen LogP contribution in [0.1, 0.15) is 10.6 Å². The molecule has 0 bridgehead atoms. The first-order valence-corrected chi connectivity index (χ1v) is 7.93. The maximum Gasteiger partial charge on any atom is 0.270 e. The third-order valence-electron chi connectivity index (χ3n) is 3.32. The van der Waals surface area contributed by atoms with Crippen LogP contribution in [-0.2, 0) is 0 Å². The highest BCUT2D eigenvalue weighted by Gasteiger charge is 2.06. The Balaban J connectivity index is 1.90. The predicted octanol–water partition coefficient (Wildman–Crippen LogP) is 3.85. The van der Waals surface area contributed by atoms with Gasteiger partial charge in [-0.15, -0.1) is 11.3 Å². The van der Waals surface area contributed by atoms with Crippen molar-refractivity contribution in [2.24, 2.45) is 4.99 Å². The van der Waals surface area contributed by atoms with E-state index in [4.69, 9.17) is 0 Å². The number of nitrogens with zero attached hydrogens (tertiary/aromatic N) is 3. The van der Waals surface area contributed by atoms with Gasteiger partial charge in [0.2, 0.25) is 0 Å². The lowest BCUT2D eigenvalue weighted by Gasteiger charge is -2.08. The quantitative estimate of drug-likeness (QED) is 0.410. The molecule has 1 heterocycles. The largest absolute Gasteiger partial charge is 0.872 e. The summed E-state index contributed by atoms with van der Waals surface area (Å²) >= 11 is 1.57. The summed E-state index contributed by atoms with van der Waals surface area (Å²) in [5.41, 5.74) is 2.48. The number of thiazole rings is 1. The molecule has 2 aromatic carbocycles. The second-order valence-corrected chi connectivity index (χ2v) is 6.10. The SMILES string of the molecule is Cc1nc(-c2cccc(N=Cc3cc([N+](=O)[O-])ccc3[O-])c2)cs1. The van der Waals surface area contributed by atoms with E-state index in [0.29, 0.717) is 5.69 Å². The molecule has 0 amide bonds. The summed E-state index contributed by atoms with van der Waals surface area (Å²) in [6.45, 7) is 1.94. The summed E-state index contributed by atoms with van der Waals surface area (Å²) in [5, 5.41) is 25.5. The van der Waals surface area contributed by atoms with Gasteiger partial charge in [-0.05, 0) is 24.6 Å². The fourth-order valence-electron chi connectivity index (χ4n) is 2.14. The van der Waals surface area contributed by atoms with Crippen LogP contribution in [0.15, 0.2) is 52.8 Å². The smallest absolute Gasteiger partial charge is 0.270 e. The number of non-ortho nitro benzene ring substituents is 1. The molecule has 0 N–H and O–H groups in total. The van der Waals surface area contributed by atoms with E-state index in [1.807, 2.05) is 30.5 Å². The normalized spacial score (nSPS) is 11.0. The molecule has 7 heteroatoms. The zero-order valence-corrected chi connectivity index (χ0v) is 13.5. The summed E-state index contributed by atoms with van der Waals surface area (Å²) in [7, 11) is 0. The third kappa shape index (κ3) is 3.47. The topological polar surface area (TPSA) is 91.5 Å². The highest BCUT2D eigenvalue weighted by molar-refractivity contribution is 7.09. The zero-order valence-electron chi connectivity index (χ0n) is 12.7. The molecule has 0 aliphatic rings. The van der Waals surface area contributed by atoms with Crippen LogP contribution in [0.5, 0.6) is 5.75 Å². The van der Waals surface area contributed by atoms with E-state index in [1.165, 1.54) is 24.4 Å². The number of hydrogen-bond acceptors (Lipinski definition) is 6. The van der Waals surface area contributed by atoms with E-state index in [2.05, 4.69) is 9.98 Å². The lowest BCUT2D eigenvalue weighted by Crippen LogP contribution is -1.98. The first kappa shape index (κ1) is 15.8. The molecule has 0 unspecified atom stereocenters. The molecule has 0 saturated heterocycles. The summed E-state index contributed by atoms with van der Waals surface area (Å²) in [6.07, 6.45) is 1.35. The Bertz CT molecular complexity index is 934. The van der Waals surface area contributed by atoms with Crippen molar-refractivity contribution >= 4 is 28.9 Å². The number of aryl methyl sites for hydroxylation is 1. The minimum atomic E-state index is -0.540. The maximum absolute atomic E-state index is 11.8. The van der Waals surface area contributed by atoms with E-state index in [9.17, 15) is 15.2 Å². The van der Waals surface area contributed by atoms with Gasteiger partial charge in [0.05, 0.1) is 21.3 Å². The standard InChI is InChI=1S/C17H13N3O3S/c1-11-19-16(10-24-11)12-3-2-4-14(7-12)18-9-13-8-15(20(22)23)5-6-17(13)21/h2-10,21H,1H3/p-1. The zero-order chi connectivity index (χ0) is 17.1. The Morgan fingerprint density at radius 2 is 2.08 bits per heavy atom. The van der Waals surface area contributed by atoms with E-state index in [1.54, 1.807) is 17.4 Å². The molecule has 6 nitrogen and oxygen atoms in total. The molecule has 0 spiro atoms. The van der Waals surface area contributed by atoms with Crippen molar-refractivity contribution < 1.29 is 10.0 Å². The Kier molecular flexibility index (Phi) is 4.35. The minimum Gasteiger partial charge on any atom is -0.872 e. The molecule has 0 saturated carbocycles. The molecule has 120 valence electrons. The molecule has 0 atom stereocenters. The summed E-state index contributed by atoms with van der Waals surface area (Å²) < 4.78 is 0. The van der Waals surface area contributed by atoms with Gasteiger partial charge in [0, 0.05) is 29.3 Å². The molecule has 0 aliphatic carbocycles. The highest BCUT2D eigenvalue weighted by Crippen LogP contribution is 2.26. The van der Waals surface area contributed by atoms with Gasteiger partial charge in [-0.25, -0.2) is 4.98 Å². The number of rotatable bonds is 4. The van der Waals surface area contributed by atoms with Crippen molar-refractivity contribution in [1.29, 1.82) is 0 Å². The Morgan fingerprint density at radius 3 is 2.79 bits per heavy atom. The Labute approximate surface area is 141 Å². The minimum absolute atomic E-state index is 0.136. The molecule has 1 aromatic heterocycles.